The lowest BCUT2D eigenvalue weighted by molar-refractivity contribution is 0.116. The van der Waals surface area contributed by atoms with Crippen molar-refractivity contribution < 1.29 is 4.74 Å². The van der Waals surface area contributed by atoms with Crippen LogP contribution in [0, 0.1) is 5.41 Å². The summed E-state index contributed by atoms with van der Waals surface area (Å²) < 4.78 is 6.02. The second-order valence-electron chi connectivity index (χ2n) is 8.00. The molecule has 1 aliphatic heterocycles. The van der Waals surface area contributed by atoms with Crippen molar-refractivity contribution in [1.82, 2.24) is 10.3 Å². The summed E-state index contributed by atoms with van der Waals surface area (Å²) in [6.45, 7) is 2.58. The molecule has 1 aliphatic rings. The Labute approximate surface area is 188 Å². The highest BCUT2D eigenvalue weighted by atomic mass is 35.5. The van der Waals surface area contributed by atoms with Crippen LogP contribution in [0.2, 0.25) is 10.0 Å². The van der Waals surface area contributed by atoms with Crippen LogP contribution in [0.1, 0.15) is 29.9 Å². The van der Waals surface area contributed by atoms with Gasteiger partial charge in [-0.3, -0.25) is 0 Å². The van der Waals surface area contributed by atoms with Crippen LogP contribution >= 0.6 is 23.2 Å². The topological polar surface area (TPSA) is 34.1 Å². The Morgan fingerprint density at radius 1 is 0.967 bits per heavy atom. The summed E-state index contributed by atoms with van der Waals surface area (Å²) in [6, 6.07) is 22.7. The Morgan fingerprint density at radius 2 is 1.73 bits per heavy atom. The van der Waals surface area contributed by atoms with E-state index in [1.165, 1.54) is 11.1 Å². The molecule has 3 aromatic rings. The molecule has 0 bridgehead atoms. The molecular weight excluding hydrogens is 415 g/mol. The van der Waals surface area contributed by atoms with E-state index in [2.05, 4.69) is 52.8 Å². The highest BCUT2D eigenvalue weighted by molar-refractivity contribution is 6.30. The van der Waals surface area contributed by atoms with Gasteiger partial charge in [0.15, 0.2) is 0 Å². The summed E-state index contributed by atoms with van der Waals surface area (Å²) in [5.41, 5.74) is 2.78. The largest absolute Gasteiger partial charge is 0.478 e. The third kappa shape index (κ3) is 5.15. The van der Waals surface area contributed by atoms with Crippen molar-refractivity contribution in [2.45, 2.75) is 25.2 Å². The van der Waals surface area contributed by atoms with Gasteiger partial charge < -0.3 is 10.1 Å². The smallest absolute Gasteiger partial charge is 0.213 e. The van der Waals surface area contributed by atoms with Crippen molar-refractivity contribution in [3.8, 4) is 5.88 Å². The minimum atomic E-state index is 0.0901. The predicted octanol–water partition coefficient (Wildman–Crippen LogP) is 6.16. The van der Waals surface area contributed by atoms with Gasteiger partial charge in [0.05, 0.1) is 11.6 Å². The van der Waals surface area contributed by atoms with Gasteiger partial charge in [-0.05, 0) is 60.5 Å². The van der Waals surface area contributed by atoms with Crippen LogP contribution < -0.4 is 10.1 Å². The molecule has 3 nitrogen and oxygen atoms in total. The molecule has 2 atom stereocenters. The first kappa shape index (κ1) is 21.2. The lowest BCUT2D eigenvalue weighted by atomic mass is 9.63. The normalized spacial score (nSPS) is 21.3. The van der Waals surface area contributed by atoms with E-state index < -0.39 is 0 Å². The van der Waals surface area contributed by atoms with Gasteiger partial charge >= 0.3 is 0 Å². The van der Waals surface area contributed by atoms with Crippen LogP contribution in [0.5, 0.6) is 5.88 Å². The molecule has 1 fully saturated rings. The molecule has 4 rings (SSSR count). The summed E-state index contributed by atoms with van der Waals surface area (Å²) >= 11 is 12.1. The molecule has 0 radical (unpaired) electrons. The molecule has 2 aromatic carbocycles. The molecule has 1 saturated heterocycles. The molecule has 0 spiro atoms. The minimum absolute atomic E-state index is 0.0901. The first-order valence-electron chi connectivity index (χ1n) is 10.4. The van der Waals surface area contributed by atoms with E-state index in [9.17, 15) is 0 Å². The maximum absolute atomic E-state index is 6.16. The Balaban J connectivity index is 1.59. The lowest BCUT2D eigenvalue weighted by Crippen LogP contribution is -2.45. The zero-order chi connectivity index (χ0) is 20.8. The second kappa shape index (κ2) is 9.82. The number of hydrogen-bond donors (Lipinski definition) is 1. The molecule has 5 heteroatoms. The minimum Gasteiger partial charge on any atom is -0.478 e. The maximum atomic E-state index is 6.16. The van der Waals surface area contributed by atoms with Gasteiger partial charge in [-0.15, -0.1) is 0 Å². The van der Waals surface area contributed by atoms with Crippen molar-refractivity contribution in [1.29, 1.82) is 0 Å². The number of pyridine rings is 1. The van der Waals surface area contributed by atoms with Gasteiger partial charge in [-0.25, -0.2) is 4.98 Å². The number of piperidine rings is 1. The predicted molar refractivity (Wildman–Crippen MR) is 124 cm³/mol. The summed E-state index contributed by atoms with van der Waals surface area (Å²) in [6.07, 6.45) is 4.67. The number of aromatic nitrogens is 1. The number of hydrogen-bond acceptors (Lipinski definition) is 3. The Hall–Kier alpha value is -2.07. The van der Waals surface area contributed by atoms with Crippen LogP contribution in [0.15, 0.2) is 72.9 Å². The zero-order valence-electron chi connectivity index (χ0n) is 16.9. The first-order valence-corrected chi connectivity index (χ1v) is 11.1. The van der Waals surface area contributed by atoms with Crippen LogP contribution in [0.4, 0.5) is 0 Å². The van der Waals surface area contributed by atoms with Crippen LogP contribution in [-0.4, -0.2) is 24.7 Å². The standard InChI is InChI=1S/C25H26Cl2N2O/c26-21-8-6-20(7-9-21)23-18-28-14-12-25(23,16-19-4-2-1-3-5-19)13-15-30-24-11-10-22(27)17-29-24/h1-11,17,23,28H,12-16,18H2/t23-,25+/m1/s1. The van der Waals surface area contributed by atoms with Crippen molar-refractivity contribution >= 4 is 23.2 Å². The summed E-state index contributed by atoms with van der Waals surface area (Å²) in [7, 11) is 0. The average Bonchev–Trinajstić information content (AvgIpc) is 2.77. The fourth-order valence-corrected chi connectivity index (χ4v) is 4.79. The summed E-state index contributed by atoms with van der Waals surface area (Å²) in [5, 5.41) is 4.99. The second-order valence-corrected chi connectivity index (χ2v) is 8.87. The third-order valence-corrected chi connectivity index (χ3v) is 6.58. The van der Waals surface area contributed by atoms with E-state index in [0.29, 0.717) is 23.4 Å². The molecule has 0 aliphatic carbocycles. The number of rotatable bonds is 7. The summed E-state index contributed by atoms with van der Waals surface area (Å²) in [4.78, 5) is 4.27. The quantitative estimate of drug-likeness (QED) is 0.477. The molecule has 0 unspecified atom stereocenters. The van der Waals surface area contributed by atoms with E-state index in [1.807, 2.05) is 24.3 Å². The molecule has 30 heavy (non-hydrogen) atoms. The van der Waals surface area contributed by atoms with Gasteiger partial charge in [-0.2, -0.15) is 0 Å². The Bertz CT molecular complexity index is 932. The van der Waals surface area contributed by atoms with Gasteiger partial charge in [0.25, 0.3) is 0 Å². The Kier molecular flexibility index (Phi) is 6.93. The molecule has 0 amide bonds. The highest BCUT2D eigenvalue weighted by Gasteiger charge is 2.41. The van der Waals surface area contributed by atoms with Crippen LogP contribution in [-0.2, 0) is 6.42 Å². The fourth-order valence-electron chi connectivity index (χ4n) is 4.55. The van der Waals surface area contributed by atoms with Gasteiger partial charge in [0.2, 0.25) is 5.88 Å². The highest BCUT2D eigenvalue weighted by Crippen LogP contribution is 2.46. The molecule has 2 heterocycles. The fraction of sp³-hybridized carbons (Fsp3) is 0.320. The van der Waals surface area contributed by atoms with E-state index in [1.54, 1.807) is 6.20 Å². The van der Waals surface area contributed by atoms with Crippen molar-refractivity contribution in [3.63, 3.8) is 0 Å². The van der Waals surface area contributed by atoms with Crippen molar-refractivity contribution in [2.75, 3.05) is 19.7 Å². The number of nitrogens with zero attached hydrogens (tertiary/aromatic N) is 1. The molecule has 1 N–H and O–H groups in total. The lowest BCUT2D eigenvalue weighted by Gasteiger charge is -2.45. The number of benzene rings is 2. The molecular formula is C25H26Cl2N2O. The van der Waals surface area contributed by atoms with E-state index in [0.717, 1.165) is 37.4 Å². The van der Waals surface area contributed by atoms with Gasteiger partial charge in [-0.1, -0.05) is 65.7 Å². The van der Waals surface area contributed by atoms with Crippen molar-refractivity contribution in [2.24, 2.45) is 5.41 Å². The van der Waals surface area contributed by atoms with E-state index in [4.69, 9.17) is 27.9 Å². The van der Waals surface area contributed by atoms with Gasteiger partial charge in [0.1, 0.15) is 0 Å². The van der Waals surface area contributed by atoms with Gasteiger partial charge in [0, 0.05) is 29.7 Å². The van der Waals surface area contributed by atoms with Crippen molar-refractivity contribution in [3.05, 3.63) is 94.1 Å². The molecule has 156 valence electrons. The van der Waals surface area contributed by atoms with Crippen LogP contribution in [0.3, 0.4) is 0 Å². The summed E-state index contributed by atoms with van der Waals surface area (Å²) in [5.74, 6) is 0.997. The van der Waals surface area contributed by atoms with E-state index >= 15 is 0 Å². The average molecular weight is 441 g/mol. The SMILES string of the molecule is Clc1ccc([C@H]2CNCC[C@]2(CCOc2ccc(Cl)cn2)Cc2ccccc2)cc1. The van der Waals surface area contributed by atoms with E-state index in [-0.39, 0.29) is 5.41 Å². The first-order chi connectivity index (χ1) is 14.6. The molecule has 1 aromatic heterocycles. The number of nitrogens with one attached hydrogen (secondary N) is 1. The monoisotopic (exact) mass is 440 g/mol. The Morgan fingerprint density at radius 3 is 2.47 bits per heavy atom. The number of halogens is 2. The molecule has 0 saturated carbocycles. The zero-order valence-corrected chi connectivity index (χ0v) is 18.4. The maximum Gasteiger partial charge on any atom is 0.213 e. The number of ether oxygens (including phenoxy) is 1. The third-order valence-electron chi connectivity index (χ3n) is 6.11. The van der Waals surface area contributed by atoms with Crippen LogP contribution in [0.25, 0.3) is 0 Å².